The molecule has 1 N–H and O–H groups in total. The van der Waals surface area contributed by atoms with Crippen molar-refractivity contribution in [1.29, 1.82) is 0 Å². The molecule has 0 spiro atoms. The van der Waals surface area contributed by atoms with E-state index >= 15 is 0 Å². The van der Waals surface area contributed by atoms with Crippen LogP contribution in [-0.2, 0) is 25.9 Å². The van der Waals surface area contributed by atoms with Crippen LogP contribution in [0.1, 0.15) is 13.3 Å². The quantitative estimate of drug-likeness (QED) is 0.751. The third-order valence-electron chi connectivity index (χ3n) is 0.302. The second-order valence-corrected chi connectivity index (χ2v) is 0.747. The van der Waals surface area contributed by atoms with E-state index in [0.717, 1.165) is 0 Å². The van der Waals surface area contributed by atoms with Crippen molar-refractivity contribution in [2.45, 2.75) is 13.3 Å². The molecule has 40 valence electrons. The van der Waals surface area contributed by atoms with Gasteiger partial charge in [0.2, 0.25) is 0 Å². The zero-order valence-corrected chi connectivity index (χ0v) is 5.65. The molecule has 0 atom stereocenters. The minimum atomic E-state index is -0.745. The van der Waals surface area contributed by atoms with E-state index in [2.05, 4.69) is 0 Å². The first kappa shape index (κ1) is 9.48. The summed E-state index contributed by atoms with van der Waals surface area (Å²) in [5.74, 6) is -0.745. The van der Waals surface area contributed by atoms with Crippen LogP contribution in [0.15, 0.2) is 0 Å². The second-order valence-electron chi connectivity index (χ2n) is 0.747. The van der Waals surface area contributed by atoms with E-state index in [0.29, 0.717) is 0 Å². The average molecular weight is 269 g/mol. The Kier molecular flexibility index (Phi) is 8.15. The second kappa shape index (κ2) is 5.16. The summed E-state index contributed by atoms with van der Waals surface area (Å²) in [6.07, 6.45) is 0.222. The van der Waals surface area contributed by atoms with Gasteiger partial charge in [0.15, 0.2) is 0 Å². The first-order valence-corrected chi connectivity index (χ1v) is 1.49. The van der Waals surface area contributed by atoms with Crippen LogP contribution in [0.25, 0.3) is 0 Å². The molecule has 3 heteroatoms. The molecule has 0 aliphatic rings. The van der Waals surface area contributed by atoms with Gasteiger partial charge in [-0.2, -0.15) is 0 Å². The molecule has 0 unspecified atom stereocenters. The molecule has 0 bridgehead atoms. The normalized spacial score (nSPS) is 6.17. The standard InChI is InChI=1S/C3H6O2.Pt/c1-2-3(4)5;/h2H2,1H3,(H,4,5);. The molecule has 2 nitrogen and oxygen atoms in total. The number of hydrogen-bond acceptors (Lipinski definition) is 1. The van der Waals surface area contributed by atoms with Crippen molar-refractivity contribution < 1.29 is 31.0 Å². The maximum Gasteiger partial charge on any atom is 0.303 e. The largest absolute Gasteiger partial charge is 0.481 e. The summed E-state index contributed by atoms with van der Waals surface area (Å²) >= 11 is 0. The molecular formula is C3H6O2Pt. The Morgan fingerprint density at radius 1 is 1.83 bits per heavy atom. The zero-order valence-electron chi connectivity index (χ0n) is 3.38. The third-order valence-corrected chi connectivity index (χ3v) is 0.302. The summed E-state index contributed by atoms with van der Waals surface area (Å²) in [6, 6.07) is 0. The molecule has 0 fully saturated rings. The monoisotopic (exact) mass is 269 g/mol. The summed E-state index contributed by atoms with van der Waals surface area (Å²) in [4.78, 5) is 9.37. The Hall–Kier alpha value is 0.158. The van der Waals surface area contributed by atoms with E-state index < -0.39 is 5.97 Å². The van der Waals surface area contributed by atoms with Crippen LogP contribution >= 0.6 is 0 Å². The fourth-order valence-corrected chi connectivity index (χ4v) is 0. The van der Waals surface area contributed by atoms with E-state index in [1.54, 1.807) is 6.92 Å². The van der Waals surface area contributed by atoms with Crippen molar-refractivity contribution in [2.75, 3.05) is 0 Å². The van der Waals surface area contributed by atoms with E-state index in [9.17, 15) is 4.79 Å². The molecule has 0 saturated heterocycles. The summed E-state index contributed by atoms with van der Waals surface area (Å²) in [5, 5.41) is 7.72. The SMILES string of the molecule is CCC(=O)O.[Pt]. The van der Waals surface area contributed by atoms with Crippen LogP contribution in [0, 0.1) is 0 Å². The first-order chi connectivity index (χ1) is 2.27. The summed E-state index contributed by atoms with van der Waals surface area (Å²) < 4.78 is 0. The topological polar surface area (TPSA) is 37.3 Å². The number of carboxylic acid groups (broad SMARTS) is 1. The molecule has 0 aromatic heterocycles. The smallest absolute Gasteiger partial charge is 0.303 e. The summed E-state index contributed by atoms with van der Waals surface area (Å²) in [5.41, 5.74) is 0. The van der Waals surface area contributed by atoms with Crippen LogP contribution in [0.5, 0.6) is 0 Å². The first-order valence-electron chi connectivity index (χ1n) is 1.49. The van der Waals surface area contributed by atoms with E-state index in [1.165, 1.54) is 0 Å². The Morgan fingerprint density at radius 3 is 2.00 bits per heavy atom. The molecule has 0 aromatic carbocycles. The molecule has 6 heavy (non-hydrogen) atoms. The van der Waals surface area contributed by atoms with Crippen LogP contribution in [0.4, 0.5) is 0 Å². The Morgan fingerprint density at radius 2 is 2.00 bits per heavy atom. The summed E-state index contributed by atoms with van der Waals surface area (Å²) in [6.45, 7) is 1.60. The maximum absolute atomic E-state index is 9.37. The number of hydrogen-bond donors (Lipinski definition) is 1. The zero-order chi connectivity index (χ0) is 4.28. The van der Waals surface area contributed by atoms with Crippen LogP contribution in [0.3, 0.4) is 0 Å². The van der Waals surface area contributed by atoms with Crippen LogP contribution in [0.2, 0.25) is 0 Å². The van der Waals surface area contributed by atoms with Gasteiger partial charge in [-0.15, -0.1) is 0 Å². The molecule has 0 aliphatic carbocycles. The minimum absolute atomic E-state index is 0. The maximum atomic E-state index is 9.37. The molecule has 0 rings (SSSR count). The Balaban J connectivity index is 0. The molecule has 0 aromatic rings. The molecule has 0 saturated carbocycles. The number of carbonyl (C=O) groups is 1. The van der Waals surface area contributed by atoms with Gasteiger partial charge in [0, 0.05) is 27.5 Å². The van der Waals surface area contributed by atoms with Crippen LogP contribution < -0.4 is 0 Å². The van der Waals surface area contributed by atoms with Crippen LogP contribution in [-0.4, -0.2) is 11.1 Å². The molecule has 0 aliphatic heterocycles. The van der Waals surface area contributed by atoms with Gasteiger partial charge < -0.3 is 5.11 Å². The summed E-state index contributed by atoms with van der Waals surface area (Å²) in [7, 11) is 0. The Bertz CT molecular complexity index is 44.1. The minimum Gasteiger partial charge on any atom is -0.481 e. The van der Waals surface area contributed by atoms with E-state index in [4.69, 9.17) is 5.11 Å². The van der Waals surface area contributed by atoms with Crippen molar-refractivity contribution in [1.82, 2.24) is 0 Å². The van der Waals surface area contributed by atoms with E-state index in [-0.39, 0.29) is 27.5 Å². The number of carboxylic acids is 1. The third kappa shape index (κ3) is 8.90. The van der Waals surface area contributed by atoms with Crippen molar-refractivity contribution in [3.63, 3.8) is 0 Å². The van der Waals surface area contributed by atoms with Gasteiger partial charge in [0.05, 0.1) is 0 Å². The van der Waals surface area contributed by atoms with Crippen molar-refractivity contribution in [3.8, 4) is 0 Å². The predicted molar refractivity (Wildman–Crippen MR) is 17.9 cm³/mol. The van der Waals surface area contributed by atoms with Crippen molar-refractivity contribution >= 4 is 5.97 Å². The van der Waals surface area contributed by atoms with Gasteiger partial charge in [-0.05, 0) is 0 Å². The Labute approximate surface area is 50.8 Å². The van der Waals surface area contributed by atoms with Gasteiger partial charge in [-0.1, -0.05) is 6.92 Å². The van der Waals surface area contributed by atoms with Gasteiger partial charge in [0.25, 0.3) is 0 Å². The average Bonchev–Trinajstić information content (AvgIpc) is 1.38. The van der Waals surface area contributed by atoms with E-state index in [1.807, 2.05) is 0 Å². The predicted octanol–water partition coefficient (Wildman–Crippen LogP) is 0.478. The molecular weight excluding hydrogens is 263 g/mol. The fraction of sp³-hybridized carbons (Fsp3) is 0.667. The number of aliphatic carboxylic acids is 1. The van der Waals surface area contributed by atoms with Gasteiger partial charge in [0.1, 0.15) is 0 Å². The number of rotatable bonds is 1. The fourth-order valence-electron chi connectivity index (χ4n) is 0. The molecule has 0 heterocycles. The van der Waals surface area contributed by atoms with Crippen molar-refractivity contribution in [2.24, 2.45) is 0 Å². The molecule has 0 amide bonds. The van der Waals surface area contributed by atoms with Gasteiger partial charge in [-0.25, -0.2) is 0 Å². The van der Waals surface area contributed by atoms with Gasteiger partial charge in [-0.3, -0.25) is 4.79 Å². The molecule has 0 radical (unpaired) electrons. The van der Waals surface area contributed by atoms with Gasteiger partial charge >= 0.3 is 5.97 Å². The van der Waals surface area contributed by atoms with Crippen molar-refractivity contribution in [3.05, 3.63) is 0 Å².